The maximum absolute atomic E-state index is 12.8. The largest absolute Gasteiger partial charge is 0.308 e. The molecule has 0 aliphatic carbocycles. The fraction of sp³-hybridized carbons (Fsp3) is 0.294. The molecule has 3 heterocycles. The number of tetrazole rings is 1. The summed E-state index contributed by atoms with van der Waals surface area (Å²) in [5.41, 5.74) is 2.26. The van der Waals surface area contributed by atoms with Gasteiger partial charge in [0.1, 0.15) is 0 Å². The van der Waals surface area contributed by atoms with E-state index in [1.807, 2.05) is 34.5 Å². The van der Waals surface area contributed by atoms with Crippen molar-refractivity contribution in [2.45, 2.75) is 31.1 Å². The number of thioether (sulfide) groups is 1. The molecule has 0 bridgehead atoms. The number of anilines is 1. The number of fused-ring (bicyclic) bond motifs is 1. The van der Waals surface area contributed by atoms with E-state index in [2.05, 4.69) is 34.6 Å². The topological polar surface area (TPSA) is 63.9 Å². The lowest BCUT2D eigenvalue weighted by molar-refractivity contribution is -0.116. The van der Waals surface area contributed by atoms with Crippen molar-refractivity contribution in [2.75, 3.05) is 10.7 Å². The average molecular weight is 371 g/mol. The van der Waals surface area contributed by atoms with Crippen LogP contribution in [-0.4, -0.2) is 37.9 Å². The molecule has 1 aromatic carbocycles. The molecular weight excluding hydrogens is 354 g/mol. The van der Waals surface area contributed by atoms with Crippen molar-refractivity contribution in [3.8, 4) is 0 Å². The smallest absolute Gasteiger partial charge is 0.237 e. The minimum atomic E-state index is 0.0909. The molecule has 2 aromatic heterocycles. The summed E-state index contributed by atoms with van der Waals surface area (Å²) < 4.78 is 1.74. The lowest BCUT2D eigenvalue weighted by Gasteiger charge is -2.22. The normalized spacial score (nSPS) is 16.2. The number of hydrogen-bond acceptors (Lipinski definition) is 6. The van der Waals surface area contributed by atoms with Crippen LogP contribution in [0.2, 0.25) is 0 Å². The molecule has 1 unspecified atom stereocenters. The van der Waals surface area contributed by atoms with Crippen LogP contribution in [0.15, 0.2) is 46.9 Å². The molecule has 0 radical (unpaired) electrons. The Morgan fingerprint density at radius 1 is 1.32 bits per heavy atom. The van der Waals surface area contributed by atoms with Crippen LogP contribution >= 0.6 is 23.1 Å². The number of carbonyl (C=O) groups is 1. The van der Waals surface area contributed by atoms with E-state index in [1.54, 1.807) is 16.0 Å². The number of amides is 1. The highest BCUT2D eigenvalue weighted by Gasteiger charge is 2.30. The molecule has 1 amide bonds. The summed E-state index contributed by atoms with van der Waals surface area (Å²) in [4.78, 5) is 15.9. The van der Waals surface area contributed by atoms with Gasteiger partial charge in [0.25, 0.3) is 0 Å². The van der Waals surface area contributed by atoms with Crippen LogP contribution in [0.3, 0.4) is 0 Å². The second kappa shape index (κ2) is 6.97. The second-order valence-corrected chi connectivity index (χ2v) is 7.91. The second-order valence-electron chi connectivity index (χ2n) is 5.93. The number of hydrogen-bond donors (Lipinski definition) is 0. The number of carbonyl (C=O) groups excluding carboxylic acids is 1. The summed E-state index contributed by atoms with van der Waals surface area (Å²) in [6, 6.07) is 12.4. The number of aromatic nitrogens is 4. The monoisotopic (exact) mass is 371 g/mol. The van der Waals surface area contributed by atoms with Gasteiger partial charge in [-0.05, 0) is 46.8 Å². The van der Waals surface area contributed by atoms with Gasteiger partial charge < -0.3 is 4.90 Å². The minimum absolute atomic E-state index is 0.0909. The third-order valence-corrected chi connectivity index (χ3v) is 5.99. The van der Waals surface area contributed by atoms with E-state index in [9.17, 15) is 4.79 Å². The van der Waals surface area contributed by atoms with Crippen molar-refractivity contribution in [1.29, 1.82) is 0 Å². The summed E-state index contributed by atoms with van der Waals surface area (Å²) >= 11 is 3.05. The molecular formula is C17H17N5OS2. The fourth-order valence-electron chi connectivity index (χ4n) is 3.09. The van der Waals surface area contributed by atoms with E-state index in [0.29, 0.717) is 17.5 Å². The summed E-state index contributed by atoms with van der Waals surface area (Å²) in [5.74, 6) is 0.414. The van der Waals surface area contributed by atoms with Gasteiger partial charge in [0.15, 0.2) is 0 Å². The molecule has 0 N–H and O–H groups in total. The summed E-state index contributed by atoms with van der Waals surface area (Å²) in [5, 5.41) is 14.5. The Morgan fingerprint density at radius 3 is 3.04 bits per heavy atom. The Balaban J connectivity index is 1.44. The van der Waals surface area contributed by atoms with Crippen LogP contribution in [0.5, 0.6) is 0 Å². The van der Waals surface area contributed by atoms with E-state index in [4.69, 9.17) is 0 Å². The highest BCUT2D eigenvalue weighted by Crippen LogP contribution is 2.32. The standard InChI is InChI=1S/C17H17N5OS2/c1-12-9-13-5-2-3-7-15(13)22(12)16(23)11-25-17-18-19-20-21(17)10-14-6-4-8-24-14/h2-8,12H,9-11H2,1H3. The maximum Gasteiger partial charge on any atom is 0.237 e. The fourth-order valence-corrected chi connectivity index (χ4v) is 4.51. The van der Waals surface area contributed by atoms with Gasteiger partial charge in [0.2, 0.25) is 11.1 Å². The summed E-state index contributed by atoms with van der Waals surface area (Å²) in [6.07, 6.45) is 0.905. The molecule has 4 rings (SSSR count). The Kier molecular flexibility index (Phi) is 4.54. The number of para-hydroxylation sites is 1. The highest BCUT2D eigenvalue weighted by atomic mass is 32.2. The van der Waals surface area contributed by atoms with Gasteiger partial charge in [-0.3, -0.25) is 4.79 Å². The molecule has 1 atom stereocenters. The molecule has 0 saturated heterocycles. The lowest BCUT2D eigenvalue weighted by atomic mass is 10.1. The Morgan fingerprint density at radius 2 is 2.20 bits per heavy atom. The zero-order chi connectivity index (χ0) is 17.2. The van der Waals surface area contributed by atoms with Crippen molar-refractivity contribution in [2.24, 2.45) is 0 Å². The van der Waals surface area contributed by atoms with Gasteiger partial charge >= 0.3 is 0 Å². The molecule has 6 nitrogen and oxygen atoms in total. The quantitative estimate of drug-likeness (QED) is 0.645. The molecule has 128 valence electrons. The first-order valence-electron chi connectivity index (χ1n) is 8.03. The molecule has 1 aliphatic heterocycles. The molecule has 1 aliphatic rings. The van der Waals surface area contributed by atoms with Gasteiger partial charge in [-0.1, -0.05) is 36.0 Å². The third-order valence-electron chi connectivity index (χ3n) is 4.19. The Labute approximate surface area is 153 Å². The molecule has 25 heavy (non-hydrogen) atoms. The first kappa shape index (κ1) is 16.3. The highest BCUT2D eigenvalue weighted by molar-refractivity contribution is 7.99. The zero-order valence-corrected chi connectivity index (χ0v) is 15.3. The van der Waals surface area contributed by atoms with Crippen LogP contribution in [-0.2, 0) is 17.8 Å². The molecule has 0 spiro atoms. The third kappa shape index (κ3) is 3.32. The van der Waals surface area contributed by atoms with Gasteiger partial charge in [-0.25, -0.2) is 4.68 Å². The van der Waals surface area contributed by atoms with E-state index in [0.717, 1.165) is 12.1 Å². The molecule has 0 saturated carbocycles. The number of rotatable bonds is 5. The lowest BCUT2D eigenvalue weighted by Crippen LogP contribution is -2.37. The maximum atomic E-state index is 12.8. The van der Waals surface area contributed by atoms with Crippen LogP contribution in [0.25, 0.3) is 0 Å². The van der Waals surface area contributed by atoms with Gasteiger partial charge in [0, 0.05) is 16.6 Å². The SMILES string of the molecule is CC1Cc2ccccc2N1C(=O)CSc1nnnn1Cc1cccs1. The first-order chi connectivity index (χ1) is 12.2. The van der Waals surface area contributed by atoms with Gasteiger partial charge in [-0.2, -0.15) is 0 Å². The Hall–Kier alpha value is -2.19. The minimum Gasteiger partial charge on any atom is -0.308 e. The molecule has 8 heteroatoms. The Bertz CT molecular complexity index is 877. The predicted octanol–water partition coefficient (Wildman–Crippen LogP) is 2.85. The van der Waals surface area contributed by atoms with Crippen molar-refractivity contribution in [3.63, 3.8) is 0 Å². The van der Waals surface area contributed by atoms with Crippen LogP contribution in [0.4, 0.5) is 5.69 Å². The molecule has 0 fully saturated rings. The van der Waals surface area contributed by atoms with Crippen LogP contribution < -0.4 is 4.90 Å². The summed E-state index contributed by atoms with van der Waals surface area (Å²) in [6.45, 7) is 2.72. The number of thiophene rings is 1. The first-order valence-corrected chi connectivity index (χ1v) is 9.90. The van der Waals surface area contributed by atoms with E-state index in [1.165, 1.54) is 22.2 Å². The van der Waals surface area contributed by atoms with E-state index >= 15 is 0 Å². The average Bonchev–Trinajstić information content (AvgIpc) is 3.33. The van der Waals surface area contributed by atoms with Crippen molar-refractivity contribution >= 4 is 34.7 Å². The van der Waals surface area contributed by atoms with Gasteiger partial charge in [-0.15, -0.1) is 16.4 Å². The van der Waals surface area contributed by atoms with Crippen molar-refractivity contribution in [3.05, 3.63) is 52.2 Å². The predicted molar refractivity (Wildman–Crippen MR) is 99.1 cm³/mol. The van der Waals surface area contributed by atoms with Crippen molar-refractivity contribution < 1.29 is 4.79 Å². The van der Waals surface area contributed by atoms with Crippen molar-refractivity contribution in [1.82, 2.24) is 20.2 Å². The molecule has 3 aromatic rings. The van der Waals surface area contributed by atoms with Crippen LogP contribution in [0.1, 0.15) is 17.4 Å². The zero-order valence-electron chi connectivity index (χ0n) is 13.7. The van der Waals surface area contributed by atoms with Crippen LogP contribution in [0, 0.1) is 0 Å². The van der Waals surface area contributed by atoms with E-state index in [-0.39, 0.29) is 11.9 Å². The van der Waals surface area contributed by atoms with Gasteiger partial charge in [0.05, 0.1) is 12.3 Å². The number of benzene rings is 1. The van der Waals surface area contributed by atoms with E-state index < -0.39 is 0 Å². The number of nitrogens with zero attached hydrogens (tertiary/aromatic N) is 5. The summed E-state index contributed by atoms with van der Waals surface area (Å²) in [7, 11) is 0.